The number of nitro groups is 1. The highest BCUT2D eigenvalue weighted by Gasteiger charge is 2.37. The van der Waals surface area contributed by atoms with Crippen molar-refractivity contribution < 1.29 is 23.7 Å². The van der Waals surface area contributed by atoms with E-state index in [1.165, 1.54) is 60.9 Å². The maximum atomic E-state index is 12.8. The fourth-order valence-corrected chi connectivity index (χ4v) is 3.13. The molecule has 11 heteroatoms. The van der Waals surface area contributed by atoms with Crippen LogP contribution >= 0.6 is 11.6 Å². The summed E-state index contributed by atoms with van der Waals surface area (Å²) < 4.78 is 5.62. The minimum absolute atomic E-state index is 0.111. The molecule has 154 valence electrons. The molecule has 0 radical (unpaired) electrons. The highest BCUT2D eigenvalue weighted by Crippen LogP contribution is 2.33. The number of benzene rings is 1. The van der Waals surface area contributed by atoms with Gasteiger partial charge in [0.15, 0.2) is 0 Å². The Morgan fingerprint density at radius 2 is 1.84 bits per heavy atom. The highest BCUT2D eigenvalue weighted by atomic mass is 35.5. The van der Waals surface area contributed by atoms with Crippen LogP contribution in [-0.4, -0.2) is 27.8 Å². The molecule has 0 saturated carbocycles. The minimum Gasteiger partial charge on any atom is -0.457 e. The molecule has 4 amide bonds. The molecule has 31 heavy (non-hydrogen) atoms. The summed E-state index contributed by atoms with van der Waals surface area (Å²) in [5.41, 5.74) is -0.000522. The van der Waals surface area contributed by atoms with Gasteiger partial charge in [0, 0.05) is 30.1 Å². The van der Waals surface area contributed by atoms with Crippen LogP contribution in [0.25, 0.3) is 17.4 Å². The zero-order chi connectivity index (χ0) is 22.1. The van der Waals surface area contributed by atoms with Gasteiger partial charge in [0.25, 0.3) is 17.5 Å². The molecular formula is C20H11ClN4O6. The van der Waals surface area contributed by atoms with E-state index >= 15 is 0 Å². The van der Waals surface area contributed by atoms with Crippen LogP contribution in [0.4, 0.5) is 16.2 Å². The first-order chi connectivity index (χ1) is 14.8. The SMILES string of the molecule is O=C1NC(=O)N(c2ccncc2)C(=O)/C1=C/c1ccc(-c2cc([N+](=O)[O-])ccc2Cl)o1. The zero-order valence-corrected chi connectivity index (χ0v) is 16.2. The molecule has 0 unspecified atom stereocenters. The zero-order valence-electron chi connectivity index (χ0n) is 15.4. The van der Waals surface area contributed by atoms with Crippen LogP contribution in [0.1, 0.15) is 5.76 Å². The first-order valence-electron chi connectivity index (χ1n) is 8.71. The summed E-state index contributed by atoms with van der Waals surface area (Å²) in [6.07, 6.45) is 3.97. The number of hydrogen-bond donors (Lipinski definition) is 1. The molecule has 1 fully saturated rings. The van der Waals surface area contributed by atoms with Crippen LogP contribution in [-0.2, 0) is 9.59 Å². The molecule has 0 spiro atoms. The second-order valence-electron chi connectivity index (χ2n) is 6.29. The van der Waals surface area contributed by atoms with Gasteiger partial charge in [0.1, 0.15) is 17.1 Å². The van der Waals surface area contributed by atoms with Gasteiger partial charge in [-0.1, -0.05) is 11.6 Å². The van der Waals surface area contributed by atoms with E-state index in [0.717, 1.165) is 4.90 Å². The fraction of sp³-hybridized carbons (Fsp3) is 0. The minimum atomic E-state index is -0.887. The third kappa shape index (κ3) is 3.79. The molecule has 0 aliphatic carbocycles. The standard InChI is InChI=1S/C20H11ClN4O6/c21-16-3-1-12(25(29)30)9-14(16)17-4-2-13(31-17)10-15-18(26)23-20(28)24(19(15)27)11-5-7-22-8-6-11/h1-10H,(H,23,26,28)/b15-10+. The van der Waals surface area contributed by atoms with Crippen molar-refractivity contribution in [3.05, 3.63) is 81.3 Å². The van der Waals surface area contributed by atoms with Crippen molar-refractivity contribution in [2.75, 3.05) is 4.90 Å². The van der Waals surface area contributed by atoms with E-state index < -0.39 is 22.8 Å². The van der Waals surface area contributed by atoms with Crippen molar-refractivity contribution in [3.63, 3.8) is 0 Å². The number of nitrogens with one attached hydrogen (secondary N) is 1. The number of barbiturate groups is 1. The van der Waals surface area contributed by atoms with Gasteiger partial charge in [-0.3, -0.25) is 30.0 Å². The quantitative estimate of drug-likeness (QED) is 0.284. The van der Waals surface area contributed by atoms with Gasteiger partial charge in [-0.15, -0.1) is 0 Å². The Bertz CT molecular complexity index is 1270. The molecule has 1 aromatic carbocycles. The van der Waals surface area contributed by atoms with Crippen LogP contribution in [0.2, 0.25) is 5.02 Å². The summed E-state index contributed by atoms with van der Waals surface area (Å²) in [6, 6.07) is 8.83. The van der Waals surface area contributed by atoms with Crippen molar-refractivity contribution >= 4 is 46.9 Å². The van der Waals surface area contributed by atoms with E-state index in [1.54, 1.807) is 0 Å². The molecule has 1 aliphatic rings. The molecule has 4 rings (SSSR count). The van der Waals surface area contributed by atoms with Gasteiger partial charge < -0.3 is 4.42 Å². The van der Waals surface area contributed by atoms with Crippen LogP contribution in [0.5, 0.6) is 0 Å². The van der Waals surface area contributed by atoms with E-state index in [2.05, 4.69) is 10.3 Å². The van der Waals surface area contributed by atoms with Crippen molar-refractivity contribution in [2.24, 2.45) is 0 Å². The van der Waals surface area contributed by atoms with E-state index in [9.17, 15) is 24.5 Å². The van der Waals surface area contributed by atoms with Crippen LogP contribution in [0.3, 0.4) is 0 Å². The Labute approximate surface area is 178 Å². The van der Waals surface area contributed by atoms with Crippen molar-refractivity contribution in [1.29, 1.82) is 0 Å². The summed E-state index contributed by atoms with van der Waals surface area (Å²) in [6.45, 7) is 0. The lowest BCUT2D eigenvalue weighted by Gasteiger charge is -2.25. The summed E-state index contributed by atoms with van der Waals surface area (Å²) in [7, 11) is 0. The lowest BCUT2D eigenvalue weighted by Crippen LogP contribution is -2.54. The number of hydrogen-bond acceptors (Lipinski definition) is 7. The Balaban J connectivity index is 1.69. The maximum Gasteiger partial charge on any atom is 0.335 e. The second kappa shape index (κ2) is 7.84. The molecule has 3 aromatic rings. The van der Waals surface area contributed by atoms with Crippen molar-refractivity contribution in [1.82, 2.24) is 10.3 Å². The molecule has 1 saturated heterocycles. The first-order valence-corrected chi connectivity index (χ1v) is 9.08. The number of urea groups is 1. The number of amides is 4. The highest BCUT2D eigenvalue weighted by molar-refractivity contribution is 6.39. The normalized spacial score (nSPS) is 15.3. The predicted octanol–water partition coefficient (Wildman–Crippen LogP) is 3.57. The van der Waals surface area contributed by atoms with Gasteiger partial charge in [0.05, 0.1) is 15.6 Å². The second-order valence-corrected chi connectivity index (χ2v) is 6.69. The molecule has 0 atom stereocenters. The topological polar surface area (TPSA) is 136 Å². The molecule has 2 aromatic heterocycles. The first kappa shape index (κ1) is 20.0. The van der Waals surface area contributed by atoms with Crippen LogP contribution < -0.4 is 10.2 Å². The number of anilines is 1. The largest absolute Gasteiger partial charge is 0.457 e. The Hall–Kier alpha value is -4.31. The molecular weight excluding hydrogens is 428 g/mol. The molecule has 3 heterocycles. The van der Waals surface area contributed by atoms with Gasteiger partial charge in [-0.2, -0.15) is 0 Å². The number of nitrogens with zero attached hydrogens (tertiary/aromatic N) is 3. The third-order valence-electron chi connectivity index (χ3n) is 4.36. The average Bonchev–Trinajstić information content (AvgIpc) is 3.20. The lowest BCUT2D eigenvalue weighted by atomic mass is 10.1. The number of rotatable bonds is 4. The van der Waals surface area contributed by atoms with Crippen LogP contribution in [0.15, 0.2) is 64.8 Å². The Morgan fingerprint density at radius 3 is 2.55 bits per heavy atom. The summed E-state index contributed by atoms with van der Waals surface area (Å²) in [4.78, 5) is 52.3. The van der Waals surface area contributed by atoms with E-state index in [-0.39, 0.29) is 39.1 Å². The number of non-ortho nitro benzene ring substituents is 1. The lowest BCUT2D eigenvalue weighted by molar-refractivity contribution is -0.384. The van der Waals surface area contributed by atoms with Gasteiger partial charge in [-0.25, -0.2) is 9.69 Å². The third-order valence-corrected chi connectivity index (χ3v) is 4.69. The van der Waals surface area contributed by atoms with Gasteiger partial charge >= 0.3 is 6.03 Å². The number of pyridine rings is 1. The summed E-state index contributed by atoms with van der Waals surface area (Å²) >= 11 is 6.12. The van der Waals surface area contributed by atoms with E-state index in [0.29, 0.717) is 0 Å². The number of carbonyl (C=O) groups excluding carboxylic acids is 3. The Kier molecular flexibility index (Phi) is 5.05. The number of furan rings is 1. The molecule has 10 nitrogen and oxygen atoms in total. The Morgan fingerprint density at radius 1 is 1.10 bits per heavy atom. The van der Waals surface area contributed by atoms with Gasteiger partial charge in [0.2, 0.25) is 0 Å². The summed E-state index contributed by atoms with van der Waals surface area (Å²) in [5.74, 6) is -1.41. The maximum absolute atomic E-state index is 12.8. The smallest absolute Gasteiger partial charge is 0.335 e. The fourth-order valence-electron chi connectivity index (χ4n) is 2.92. The number of aromatic nitrogens is 1. The monoisotopic (exact) mass is 438 g/mol. The average molecular weight is 439 g/mol. The number of nitro benzene ring substituents is 1. The number of carbonyl (C=O) groups is 3. The number of halogens is 1. The molecule has 1 aliphatic heterocycles. The van der Waals surface area contributed by atoms with E-state index in [1.807, 2.05) is 0 Å². The van der Waals surface area contributed by atoms with Gasteiger partial charge in [-0.05, 0) is 36.4 Å². The summed E-state index contributed by atoms with van der Waals surface area (Å²) in [5, 5.41) is 13.3. The van der Waals surface area contributed by atoms with Crippen molar-refractivity contribution in [2.45, 2.75) is 0 Å². The number of imide groups is 2. The van der Waals surface area contributed by atoms with E-state index in [4.69, 9.17) is 16.0 Å². The molecule has 1 N–H and O–H groups in total. The molecule has 0 bridgehead atoms. The van der Waals surface area contributed by atoms with Crippen molar-refractivity contribution in [3.8, 4) is 11.3 Å². The van der Waals surface area contributed by atoms with Crippen LogP contribution in [0, 0.1) is 10.1 Å². The predicted molar refractivity (Wildman–Crippen MR) is 109 cm³/mol.